The normalized spacial score (nSPS) is 20.6. The number of nitrogens with zero attached hydrogens (tertiary/aromatic N) is 1. The Morgan fingerprint density at radius 3 is 2.23 bits per heavy atom. The van der Waals surface area contributed by atoms with Crippen LogP contribution in [0.5, 0.6) is 11.5 Å². The molecule has 3 rings (SSSR count). The maximum absolute atomic E-state index is 12.6. The van der Waals surface area contributed by atoms with E-state index in [1.807, 2.05) is 30.3 Å². The molecule has 1 fully saturated rings. The summed E-state index contributed by atoms with van der Waals surface area (Å²) in [6.07, 6.45) is -2.19. The number of rotatable bonds is 7. The molecular weight excluding hydrogens is 390 g/mol. The van der Waals surface area contributed by atoms with Crippen LogP contribution in [-0.2, 0) is 22.6 Å². The van der Waals surface area contributed by atoms with Crippen molar-refractivity contribution in [1.29, 1.82) is 0 Å². The van der Waals surface area contributed by atoms with Crippen LogP contribution in [0, 0.1) is 5.92 Å². The van der Waals surface area contributed by atoms with E-state index in [9.17, 15) is 19.8 Å². The van der Waals surface area contributed by atoms with Crippen molar-refractivity contribution in [1.82, 2.24) is 4.90 Å². The topological polar surface area (TPSA) is 106 Å². The number of methoxy groups -OCH3 is 2. The summed E-state index contributed by atoms with van der Waals surface area (Å²) in [5.74, 6) is 0.0229. The molecule has 2 aromatic carbocycles. The first-order valence-corrected chi connectivity index (χ1v) is 9.54. The number of hydrogen-bond donors (Lipinski definition) is 2. The molecule has 8 heteroatoms. The van der Waals surface area contributed by atoms with E-state index in [0.717, 1.165) is 16.0 Å². The van der Waals surface area contributed by atoms with Gasteiger partial charge >= 0.3 is 12.1 Å². The Labute approximate surface area is 174 Å². The lowest BCUT2D eigenvalue weighted by Crippen LogP contribution is -2.45. The molecule has 2 aromatic rings. The fourth-order valence-electron chi connectivity index (χ4n) is 3.69. The number of aliphatic hydroxyl groups is 1. The Morgan fingerprint density at radius 1 is 1.03 bits per heavy atom. The van der Waals surface area contributed by atoms with Crippen molar-refractivity contribution in [3.8, 4) is 11.5 Å². The van der Waals surface area contributed by atoms with Crippen molar-refractivity contribution in [2.75, 3.05) is 14.2 Å². The summed E-state index contributed by atoms with van der Waals surface area (Å²) in [7, 11) is 3.07. The minimum atomic E-state index is -1.37. The lowest BCUT2D eigenvalue weighted by molar-refractivity contribution is -0.151. The number of ether oxygens (including phenoxy) is 3. The van der Waals surface area contributed by atoms with Crippen molar-refractivity contribution < 1.29 is 34.0 Å². The number of hydrogen-bond acceptors (Lipinski definition) is 6. The highest BCUT2D eigenvalue weighted by Crippen LogP contribution is 2.34. The van der Waals surface area contributed by atoms with Gasteiger partial charge in [-0.1, -0.05) is 30.3 Å². The molecule has 30 heavy (non-hydrogen) atoms. The first-order valence-electron chi connectivity index (χ1n) is 9.54. The zero-order valence-corrected chi connectivity index (χ0v) is 16.9. The van der Waals surface area contributed by atoms with Crippen molar-refractivity contribution in [3.63, 3.8) is 0 Å². The van der Waals surface area contributed by atoms with Crippen LogP contribution in [0.1, 0.15) is 17.5 Å². The fourth-order valence-corrected chi connectivity index (χ4v) is 3.69. The largest absolute Gasteiger partial charge is 0.497 e. The van der Waals surface area contributed by atoms with Gasteiger partial charge in [0.25, 0.3) is 0 Å². The van der Waals surface area contributed by atoms with Gasteiger partial charge in [0, 0.05) is 12.0 Å². The van der Waals surface area contributed by atoms with E-state index in [0.29, 0.717) is 17.9 Å². The molecule has 160 valence electrons. The molecule has 1 amide bonds. The standard InChI is InChI=1S/C22H25NO7/c1-28-17-9-15(10-18(12-17)29-2)8-16-11-19(23(20(16)24)22(26)27)21(25)30-13-14-6-4-3-5-7-14/h3-7,9-10,12,16,19-20,24H,8,11,13H2,1-2H3,(H,26,27)/t16-,19+,20?/m0/s1. The zero-order chi connectivity index (χ0) is 21.7. The minimum absolute atomic E-state index is 0.0392. The second-order valence-corrected chi connectivity index (χ2v) is 7.13. The van der Waals surface area contributed by atoms with Crippen LogP contribution >= 0.6 is 0 Å². The summed E-state index contributed by atoms with van der Waals surface area (Å²) >= 11 is 0. The predicted octanol–water partition coefficient (Wildman–Crippen LogP) is 2.68. The Bertz CT molecular complexity index is 864. The Balaban J connectivity index is 1.73. The van der Waals surface area contributed by atoms with Crippen LogP contribution in [0.2, 0.25) is 0 Å². The van der Waals surface area contributed by atoms with Gasteiger partial charge < -0.3 is 24.4 Å². The molecule has 3 atom stereocenters. The lowest BCUT2D eigenvalue weighted by Gasteiger charge is -2.24. The van der Waals surface area contributed by atoms with Gasteiger partial charge in [0.05, 0.1) is 14.2 Å². The fraction of sp³-hybridized carbons (Fsp3) is 0.364. The first-order chi connectivity index (χ1) is 14.4. The monoisotopic (exact) mass is 415 g/mol. The second-order valence-electron chi connectivity index (χ2n) is 7.13. The van der Waals surface area contributed by atoms with E-state index in [2.05, 4.69) is 0 Å². The zero-order valence-electron chi connectivity index (χ0n) is 16.9. The first kappa shape index (κ1) is 21.4. The van der Waals surface area contributed by atoms with Crippen molar-refractivity contribution in [2.24, 2.45) is 5.92 Å². The van der Waals surface area contributed by atoms with Gasteiger partial charge in [-0.15, -0.1) is 0 Å². The summed E-state index contributed by atoms with van der Waals surface area (Å²) in [6.45, 7) is 0.0392. The van der Waals surface area contributed by atoms with E-state index >= 15 is 0 Å². The molecule has 2 N–H and O–H groups in total. The van der Waals surface area contributed by atoms with Crippen LogP contribution in [0.4, 0.5) is 4.79 Å². The number of aliphatic hydroxyl groups excluding tert-OH is 1. The average molecular weight is 415 g/mol. The summed E-state index contributed by atoms with van der Waals surface area (Å²) in [4.78, 5) is 25.1. The molecule has 1 heterocycles. The maximum atomic E-state index is 12.6. The van der Waals surface area contributed by atoms with Gasteiger partial charge in [-0.05, 0) is 36.1 Å². The van der Waals surface area contributed by atoms with Gasteiger partial charge in [-0.2, -0.15) is 0 Å². The second kappa shape index (κ2) is 9.49. The van der Waals surface area contributed by atoms with Gasteiger partial charge in [-0.3, -0.25) is 4.90 Å². The molecule has 0 saturated carbocycles. The van der Waals surface area contributed by atoms with E-state index in [1.54, 1.807) is 18.2 Å². The number of esters is 1. The highest BCUT2D eigenvalue weighted by atomic mass is 16.5. The van der Waals surface area contributed by atoms with E-state index in [-0.39, 0.29) is 13.0 Å². The van der Waals surface area contributed by atoms with Crippen LogP contribution in [-0.4, -0.2) is 53.7 Å². The molecular formula is C22H25NO7. The van der Waals surface area contributed by atoms with Crippen molar-refractivity contribution in [2.45, 2.75) is 31.7 Å². The van der Waals surface area contributed by atoms with E-state index in [1.165, 1.54) is 14.2 Å². The van der Waals surface area contributed by atoms with Gasteiger partial charge in [0.2, 0.25) is 0 Å². The smallest absolute Gasteiger partial charge is 0.410 e. The lowest BCUT2D eigenvalue weighted by atomic mass is 9.95. The van der Waals surface area contributed by atoms with Crippen LogP contribution < -0.4 is 9.47 Å². The van der Waals surface area contributed by atoms with Crippen molar-refractivity contribution in [3.05, 3.63) is 59.7 Å². The van der Waals surface area contributed by atoms with Gasteiger partial charge in [0.15, 0.2) is 0 Å². The maximum Gasteiger partial charge on any atom is 0.410 e. The van der Waals surface area contributed by atoms with Crippen molar-refractivity contribution >= 4 is 12.1 Å². The highest BCUT2D eigenvalue weighted by molar-refractivity contribution is 5.81. The number of likely N-dealkylation sites (tertiary alicyclic amines) is 1. The molecule has 0 bridgehead atoms. The number of benzene rings is 2. The SMILES string of the molecule is COc1cc(C[C@H]2C[C@H](C(=O)OCc3ccccc3)N(C(=O)O)C2O)cc(OC)c1. The molecule has 1 saturated heterocycles. The summed E-state index contributed by atoms with van der Waals surface area (Å²) in [6, 6.07) is 13.4. The summed E-state index contributed by atoms with van der Waals surface area (Å²) in [5, 5.41) is 20.2. The van der Waals surface area contributed by atoms with Gasteiger partial charge in [0.1, 0.15) is 30.4 Å². The number of amides is 1. The Kier molecular flexibility index (Phi) is 6.79. The van der Waals surface area contributed by atoms with Crippen LogP contribution in [0.15, 0.2) is 48.5 Å². The third kappa shape index (κ3) is 4.83. The average Bonchev–Trinajstić information content (AvgIpc) is 3.08. The number of carbonyl (C=O) groups excluding carboxylic acids is 1. The molecule has 0 aromatic heterocycles. The molecule has 1 unspecified atom stereocenters. The third-order valence-corrected chi connectivity index (χ3v) is 5.19. The minimum Gasteiger partial charge on any atom is -0.497 e. The Hall–Kier alpha value is -3.26. The molecule has 8 nitrogen and oxygen atoms in total. The molecule has 1 aliphatic heterocycles. The highest BCUT2D eigenvalue weighted by Gasteiger charge is 2.47. The molecule has 1 aliphatic rings. The predicted molar refractivity (Wildman–Crippen MR) is 107 cm³/mol. The van der Waals surface area contributed by atoms with Crippen LogP contribution in [0.3, 0.4) is 0 Å². The molecule has 0 aliphatic carbocycles. The third-order valence-electron chi connectivity index (χ3n) is 5.19. The molecule has 0 spiro atoms. The summed E-state index contributed by atoms with van der Waals surface area (Å²) in [5.41, 5.74) is 1.60. The quantitative estimate of drug-likeness (QED) is 0.670. The van der Waals surface area contributed by atoms with E-state index in [4.69, 9.17) is 14.2 Å². The Morgan fingerprint density at radius 2 is 1.67 bits per heavy atom. The van der Waals surface area contributed by atoms with Crippen LogP contribution in [0.25, 0.3) is 0 Å². The number of carbonyl (C=O) groups is 2. The molecule has 0 radical (unpaired) electrons. The van der Waals surface area contributed by atoms with Gasteiger partial charge in [-0.25, -0.2) is 9.59 Å². The number of carboxylic acid groups (broad SMARTS) is 1. The van der Waals surface area contributed by atoms with E-state index < -0.39 is 30.3 Å². The summed E-state index contributed by atoms with van der Waals surface area (Å²) < 4.78 is 15.8.